The first-order valence-corrected chi connectivity index (χ1v) is 10.2. The van der Waals surface area contributed by atoms with Crippen LogP contribution in [0, 0.1) is 6.92 Å². The fraction of sp³-hybridized carbons (Fsp3) is 0.400. The highest BCUT2D eigenvalue weighted by Gasteiger charge is 2.15. The molecule has 1 N–H and O–H groups in total. The van der Waals surface area contributed by atoms with Crippen molar-refractivity contribution in [2.24, 2.45) is 0 Å². The second-order valence-electron chi connectivity index (χ2n) is 5.92. The Kier molecular flexibility index (Phi) is 4.22. The molecule has 19 heavy (non-hydrogen) atoms. The zero-order chi connectivity index (χ0) is 13.9. The van der Waals surface area contributed by atoms with Crippen molar-refractivity contribution in [3.63, 3.8) is 0 Å². The van der Waals surface area contributed by atoms with Crippen LogP contribution in [0.3, 0.4) is 0 Å². The maximum atomic E-state index is 5.42. The van der Waals surface area contributed by atoms with Crippen LogP contribution in [-0.4, -0.2) is 13.1 Å². The SMILES string of the molecule is Cc1cnc(CNCc2ccc([Si](C)(C)C)cc2)o1. The Morgan fingerprint density at radius 3 is 2.32 bits per heavy atom. The van der Waals surface area contributed by atoms with E-state index in [0.29, 0.717) is 6.54 Å². The van der Waals surface area contributed by atoms with Crippen LogP contribution in [0.1, 0.15) is 17.2 Å². The average Bonchev–Trinajstić information content (AvgIpc) is 2.75. The molecule has 0 radical (unpaired) electrons. The predicted molar refractivity (Wildman–Crippen MR) is 81.2 cm³/mol. The van der Waals surface area contributed by atoms with Crippen molar-refractivity contribution < 1.29 is 4.42 Å². The van der Waals surface area contributed by atoms with Gasteiger partial charge in [-0.2, -0.15) is 0 Å². The summed E-state index contributed by atoms with van der Waals surface area (Å²) in [6.07, 6.45) is 1.75. The molecular weight excluding hydrogens is 252 g/mol. The molecule has 2 rings (SSSR count). The summed E-state index contributed by atoms with van der Waals surface area (Å²) in [4.78, 5) is 4.17. The normalized spacial score (nSPS) is 11.8. The molecule has 0 aliphatic rings. The average molecular weight is 274 g/mol. The molecule has 0 amide bonds. The lowest BCUT2D eigenvalue weighted by Crippen LogP contribution is -2.37. The molecule has 4 heteroatoms. The molecule has 0 saturated carbocycles. The minimum atomic E-state index is -1.18. The highest BCUT2D eigenvalue weighted by atomic mass is 28.3. The standard InChI is InChI=1S/C15H22N2OSi/c1-12-9-17-15(18-12)11-16-10-13-5-7-14(8-6-13)19(2,3)4/h5-9,16H,10-11H2,1-4H3. The summed E-state index contributed by atoms with van der Waals surface area (Å²) < 4.78 is 5.42. The molecule has 3 nitrogen and oxygen atoms in total. The van der Waals surface area contributed by atoms with E-state index in [4.69, 9.17) is 4.42 Å². The van der Waals surface area contributed by atoms with E-state index < -0.39 is 8.07 Å². The fourth-order valence-corrected chi connectivity index (χ4v) is 3.09. The van der Waals surface area contributed by atoms with E-state index in [1.165, 1.54) is 10.8 Å². The molecule has 102 valence electrons. The summed E-state index contributed by atoms with van der Waals surface area (Å²) >= 11 is 0. The summed E-state index contributed by atoms with van der Waals surface area (Å²) in [6.45, 7) is 10.5. The number of aryl methyl sites for hydroxylation is 1. The van der Waals surface area contributed by atoms with E-state index in [0.717, 1.165) is 18.2 Å². The lowest BCUT2D eigenvalue weighted by molar-refractivity contribution is 0.449. The second kappa shape index (κ2) is 5.71. The molecular formula is C15H22N2OSi. The number of benzene rings is 1. The highest BCUT2D eigenvalue weighted by Crippen LogP contribution is 2.05. The van der Waals surface area contributed by atoms with Crippen LogP contribution in [0.2, 0.25) is 19.6 Å². The molecule has 0 bridgehead atoms. The van der Waals surface area contributed by atoms with Gasteiger partial charge in [-0.05, 0) is 12.5 Å². The van der Waals surface area contributed by atoms with Crippen LogP contribution < -0.4 is 10.5 Å². The Morgan fingerprint density at radius 2 is 1.79 bits per heavy atom. The fourth-order valence-electron chi connectivity index (χ4n) is 1.92. The van der Waals surface area contributed by atoms with Gasteiger partial charge in [0.1, 0.15) is 5.76 Å². The van der Waals surface area contributed by atoms with Crippen molar-refractivity contribution in [2.75, 3.05) is 0 Å². The predicted octanol–water partition coefficient (Wildman–Crippen LogP) is 2.82. The molecule has 0 aliphatic heterocycles. The lowest BCUT2D eigenvalue weighted by atomic mass is 10.2. The van der Waals surface area contributed by atoms with Crippen LogP contribution >= 0.6 is 0 Å². The topological polar surface area (TPSA) is 38.1 Å². The van der Waals surface area contributed by atoms with Gasteiger partial charge in [0.05, 0.1) is 20.8 Å². The van der Waals surface area contributed by atoms with Gasteiger partial charge < -0.3 is 9.73 Å². The molecule has 1 aromatic carbocycles. The van der Waals surface area contributed by atoms with Gasteiger partial charge in [-0.15, -0.1) is 0 Å². The summed E-state index contributed by atoms with van der Waals surface area (Å²) in [7, 11) is -1.18. The Labute approximate surface area is 116 Å². The van der Waals surface area contributed by atoms with Crippen LogP contribution in [-0.2, 0) is 13.1 Å². The van der Waals surface area contributed by atoms with Crippen LogP contribution in [0.4, 0.5) is 0 Å². The second-order valence-corrected chi connectivity index (χ2v) is 11.0. The third kappa shape index (κ3) is 4.04. The number of oxazole rings is 1. The van der Waals surface area contributed by atoms with Gasteiger partial charge in [0.15, 0.2) is 0 Å². The van der Waals surface area contributed by atoms with Gasteiger partial charge in [-0.25, -0.2) is 4.98 Å². The van der Waals surface area contributed by atoms with E-state index in [1.54, 1.807) is 6.20 Å². The highest BCUT2D eigenvalue weighted by molar-refractivity contribution is 6.88. The van der Waals surface area contributed by atoms with Crippen molar-refractivity contribution >= 4 is 13.3 Å². The molecule has 0 spiro atoms. The Hall–Kier alpha value is -1.39. The van der Waals surface area contributed by atoms with E-state index >= 15 is 0 Å². The maximum Gasteiger partial charge on any atom is 0.208 e. The van der Waals surface area contributed by atoms with E-state index in [1.807, 2.05) is 6.92 Å². The number of hydrogen-bond acceptors (Lipinski definition) is 3. The van der Waals surface area contributed by atoms with Crippen molar-refractivity contribution in [3.8, 4) is 0 Å². The Balaban J connectivity index is 1.86. The van der Waals surface area contributed by atoms with E-state index in [-0.39, 0.29) is 0 Å². The van der Waals surface area contributed by atoms with Gasteiger partial charge >= 0.3 is 0 Å². The van der Waals surface area contributed by atoms with Crippen molar-refractivity contribution in [2.45, 2.75) is 39.7 Å². The van der Waals surface area contributed by atoms with E-state index in [2.05, 4.69) is 54.2 Å². The third-order valence-electron chi connectivity index (χ3n) is 3.09. The van der Waals surface area contributed by atoms with Gasteiger partial charge in [0.25, 0.3) is 0 Å². The first-order valence-electron chi connectivity index (χ1n) is 6.66. The van der Waals surface area contributed by atoms with Crippen molar-refractivity contribution in [1.82, 2.24) is 10.3 Å². The minimum Gasteiger partial charge on any atom is -0.445 e. The smallest absolute Gasteiger partial charge is 0.208 e. The van der Waals surface area contributed by atoms with Gasteiger partial charge in [-0.3, -0.25) is 0 Å². The number of nitrogens with one attached hydrogen (secondary N) is 1. The lowest BCUT2D eigenvalue weighted by Gasteiger charge is -2.16. The molecule has 1 aromatic heterocycles. The summed E-state index contributed by atoms with van der Waals surface area (Å²) in [6, 6.07) is 8.94. The largest absolute Gasteiger partial charge is 0.445 e. The zero-order valence-electron chi connectivity index (χ0n) is 12.2. The molecule has 0 unspecified atom stereocenters. The van der Waals surface area contributed by atoms with Crippen LogP contribution in [0.25, 0.3) is 0 Å². The first-order chi connectivity index (χ1) is 8.95. The van der Waals surface area contributed by atoms with Gasteiger partial charge in [-0.1, -0.05) is 49.1 Å². The molecule has 0 saturated heterocycles. The van der Waals surface area contributed by atoms with Crippen LogP contribution in [0.5, 0.6) is 0 Å². The maximum absolute atomic E-state index is 5.42. The zero-order valence-corrected chi connectivity index (χ0v) is 13.2. The van der Waals surface area contributed by atoms with E-state index in [9.17, 15) is 0 Å². The third-order valence-corrected chi connectivity index (χ3v) is 5.16. The number of rotatable bonds is 5. The molecule has 1 heterocycles. The van der Waals surface area contributed by atoms with Crippen LogP contribution in [0.15, 0.2) is 34.9 Å². The van der Waals surface area contributed by atoms with Crippen molar-refractivity contribution in [1.29, 1.82) is 0 Å². The Bertz CT molecular complexity index is 526. The summed E-state index contributed by atoms with van der Waals surface area (Å²) in [5, 5.41) is 4.84. The first kappa shape index (κ1) is 14.0. The summed E-state index contributed by atoms with van der Waals surface area (Å²) in [5.41, 5.74) is 1.30. The van der Waals surface area contributed by atoms with Gasteiger partial charge in [0, 0.05) is 6.54 Å². The summed E-state index contributed by atoms with van der Waals surface area (Å²) in [5.74, 6) is 1.60. The Morgan fingerprint density at radius 1 is 1.11 bits per heavy atom. The molecule has 0 fully saturated rings. The van der Waals surface area contributed by atoms with Crippen molar-refractivity contribution in [3.05, 3.63) is 47.7 Å². The number of hydrogen-bond donors (Lipinski definition) is 1. The quantitative estimate of drug-likeness (QED) is 0.852. The molecule has 2 aromatic rings. The number of aromatic nitrogens is 1. The molecule has 0 atom stereocenters. The van der Waals surface area contributed by atoms with Gasteiger partial charge in [0.2, 0.25) is 5.89 Å². The molecule has 0 aliphatic carbocycles. The monoisotopic (exact) mass is 274 g/mol. The minimum absolute atomic E-state index is 0.670. The number of nitrogens with zero attached hydrogens (tertiary/aromatic N) is 1.